The highest BCUT2D eigenvalue weighted by molar-refractivity contribution is 6.61. The molecule has 2 heterocycles. The molecule has 2 aromatic rings. The molecule has 0 unspecified atom stereocenters. The Morgan fingerprint density at radius 1 is 1.33 bits per heavy atom. The highest BCUT2D eigenvalue weighted by atomic mass is 35.5. The van der Waals surface area contributed by atoms with Gasteiger partial charge in [-0.05, 0) is 36.0 Å². The van der Waals surface area contributed by atoms with Gasteiger partial charge in [-0.15, -0.1) is 0 Å². The first-order valence-corrected chi connectivity index (χ1v) is 9.40. The number of anilines is 3. The molecule has 1 aliphatic carbocycles. The van der Waals surface area contributed by atoms with Crippen LogP contribution < -0.4 is 16.1 Å². The van der Waals surface area contributed by atoms with Crippen LogP contribution >= 0.6 is 11.6 Å². The van der Waals surface area contributed by atoms with Crippen molar-refractivity contribution in [3.8, 4) is 6.07 Å². The van der Waals surface area contributed by atoms with E-state index in [0.29, 0.717) is 23.4 Å². The van der Waals surface area contributed by atoms with Gasteiger partial charge in [-0.2, -0.15) is 10.2 Å². The van der Waals surface area contributed by atoms with Crippen molar-refractivity contribution in [1.82, 2.24) is 9.97 Å². The number of nitriles is 1. The summed E-state index contributed by atoms with van der Waals surface area (Å²) < 4.78 is 5.21. The summed E-state index contributed by atoms with van der Waals surface area (Å²) in [5.74, 6) is 0.899. The molecule has 0 spiro atoms. The summed E-state index contributed by atoms with van der Waals surface area (Å²) in [5.41, 5.74) is 2.51. The van der Waals surface area contributed by atoms with E-state index in [1.54, 1.807) is 6.20 Å². The van der Waals surface area contributed by atoms with Crippen molar-refractivity contribution in [3.63, 3.8) is 0 Å². The molecule has 2 atom stereocenters. The van der Waals surface area contributed by atoms with Gasteiger partial charge in [-0.3, -0.25) is 0 Å². The zero-order valence-electron chi connectivity index (χ0n) is 14.7. The maximum absolute atomic E-state index is 9.71. The fourth-order valence-corrected chi connectivity index (χ4v) is 3.74. The van der Waals surface area contributed by atoms with Gasteiger partial charge in [0.15, 0.2) is 5.82 Å². The second kappa shape index (κ2) is 7.73. The quantitative estimate of drug-likeness (QED) is 0.697. The van der Waals surface area contributed by atoms with E-state index < -0.39 is 7.12 Å². The SMILES string of the molecule is N#C[C@@H]1CCCC[C@H]1Nc1nc(Nc2ccc3c(c2)COB3O)ncc1Cl. The predicted molar refractivity (Wildman–Crippen MR) is 104 cm³/mol. The second-order valence-corrected chi connectivity index (χ2v) is 7.27. The van der Waals surface area contributed by atoms with Crippen LogP contribution in [0.2, 0.25) is 5.02 Å². The standard InChI is InChI=1S/C18H19BClN5O2/c20-15-9-22-18(23-13-5-6-14-12(7-13)10-27-19(14)26)25-17(15)24-16-4-2-1-3-11(16)8-21/h5-7,9,11,16,26H,1-4,10H2,(H2,22,23,24,25)/t11-,16+/m0/s1. The first kappa shape index (κ1) is 18.0. The first-order valence-electron chi connectivity index (χ1n) is 9.02. The van der Waals surface area contributed by atoms with Crippen molar-refractivity contribution in [1.29, 1.82) is 5.26 Å². The van der Waals surface area contributed by atoms with E-state index in [4.69, 9.17) is 16.3 Å². The molecule has 0 bridgehead atoms. The van der Waals surface area contributed by atoms with Crippen LogP contribution in [0.25, 0.3) is 0 Å². The number of nitrogens with zero attached hydrogens (tertiary/aromatic N) is 3. The molecule has 3 N–H and O–H groups in total. The minimum atomic E-state index is -0.861. The molecule has 4 rings (SSSR count). The average Bonchev–Trinajstić information content (AvgIpc) is 3.05. The summed E-state index contributed by atoms with van der Waals surface area (Å²) in [4.78, 5) is 8.72. The van der Waals surface area contributed by atoms with Gasteiger partial charge < -0.3 is 20.3 Å². The van der Waals surface area contributed by atoms with E-state index in [9.17, 15) is 10.3 Å². The fraction of sp³-hybridized carbons (Fsp3) is 0.389. The smallest absolute Gasteiger partial charge is 0.423 e. The van der Waals surface area contributed by atoms with E-state index in [-0.39, 0.29) is 12.0 Å². The maximum Gasteiger partial charge on any atom is 0.491 e. The number of hydrogen-bond acceptors (Lipinski definition) is 7. The Hall–Kier alpha value is -2.34. The zero-order chi connectivity index (χ0) is 18.8. The molecule has 1 fully saturated rings. The van der Waals surface area contributed by atoms with Gasteiger partial charge in [-0.1, -0.05) is 30.5 Å². The number of rotatable bonds is 4. The summed E-state index contributed by atoms with van der Waals surface area (Å²) in [7, 11) is -0.861. The van der Waals surface area contributed by atoms with Crippen molar-refractivity contribution in [2.45, 2.75) is 38.3 Å². The lowest BCUT2D eigenvalue weighted by Crippen LogP contribution is -2.31. The monoisotopic (exact) mass is 383 g/mol. The Morgan fingerprint density at radius 2 is 2.19 bits per heavy atom. The molecule has 0 saturated heterocycles. The van der Waals surface area contributed by atoms with Crippen molar-refractivity contribution < 1.29 is 9.68 Å². The lowest BCUT2D eigenvalue weighted by atomic mass is 9.79. The van der Waals surface area contributed by atoms with Crippen LogP contribution in [0.5, 0.6) is 0 Å². The molecular formula is C18H19BClN5O2. The van der Waals surface area contributed by atoms with Gasteiger partial charge in [0.05, 0.1) is 24.8 Å². The molecule has 1 aromatic carbocycles. The fourth-order valence-electron chi connectivity index (χ4n) is 3.60. The number of halogens is 1. The molecule has 1 aliphatic heterocycles. The number of fused-ring (bicyclic) bond motifs is 1. The Balaban J connectivity index is 1.51. The lowest BCUT2D eigenvalue weighted by Gasteiger charge is -2.28. The number of nitrogens with one attached hydrogen (secondary N) is 2. The predicted octanol–water partition coefficient (Wildman–Crippen LogP) is 2.59. The molecule has 138 valence electrons. The zero-order valence-corrected chi connectivity index (χ0v) is 15.4. The van der Waals surface area contributed by atoms with E-state index in [1.165, 1.54) is 0 Å². The van der Waals surface area contributed by atoms with Gasteiger partial charge in [0.1, 0.15) is 5.02 Å². The maximum atomic E-state index is 9.71. The van der Waals surface area contributed by atoms with E-state index in [2.05, 4.69) is 26.7 Å². The van der Waals surface area contributed by atoms with Gasteiger partial charge >= 0.3 is 7.12 Å². The molecule has 1 saturated carbocycles. The van der Waals surface area contributed by atoms with Crippen LogP contribution in [0.4, 0.5) is 17.5 Å². The molecular weight excluding hydrogens is 364 g/mol. The number of benzene rings is 1. The second-order valence-electron chi connectivity index (χ2n) is 6.86. The minimum Gasteiger partial charge on any atom is -0.423 e. The lowest BCUT2D eigenvalue weighted by molar-refractivity contribution is 0.275. The van der Waals surface area contributed by atoms with Crippen molar-refractivity contribution in [2.75, 3.05) is 10.6 Å². The summed E-state index contributed by atoms with van der Waals surface area (Å²) in [6.45, 7) is 0.373. The van der Waals surface area contributed by atoms with Crippen LogP contribution in [0.15, 0.2) is 24.4 Å². The molecule has 0 radical (unpaired) electrons. The molecule has 27 heavy (non-hydrogen) atoms. The van der Waals surface area contributed by atoms with Crippen LogP contribution in [0.3, 0.4) is 0 Å². The highest BCUT2D eigenvalue weighted by Gasteiger charge is 2.27. The molecule has 9 heteroatoms. The van der Waals surface area contributed by atoms with E-state index in [1.807, 2.05) is 18.2 Å². The summed E-state index contributed by atoms with van der Waals surface area (Å²) in [6.07, 6.45) is 5.54. The topological polar surface area (TPSA) is 103 Å². The normalized spacial score (nSPS) is 21.4. The Kier molecular flexibility index (Phi) is 5.16. The average molecular weight is 384 g/mol. The summed E-state index contributed by atoms with van der Waals surface area (Å²) in [5, 5.41) is 26.0. The minimum absolute atomic E-state index is 0.0377. The van der Waals surface area contributed by atoms with Crippen LogP contribution in [0.1, 0.15) is 31.2 Å². The molecule has 2 aliphatic rings. The number of aromatic nitrogens is 2. The van der Waals surface area contributed by atoms with Crippen molar-refractivity contribution in [2.24, 2.45) is 5.92 Å². The van der Waals surface area contributed by atoms with Gasteiger partial charge in [0, 0.05) is 11.7 Å². The van der Waals surface area contributed by atoms with E-state index in [0.717, 1.165) is 42.4 Å². The highest BCUT2D eigenvalue weighted by Crippen LogP contribution is 2.29. The van der Waals surface area contributed by atoms with Crippen molar-refractivity contribution in [3.05, 3.63) is 35.0 Å². The third-order valence-electron chi connectivity index (χ3n) is 5.06. The molecule has 7 nitrogen and oxygen atoms in total. The number of hydrogen-bond donors (Lipinski definition) is 3. The van der Waals surface area contributed by atoms with Gasteiger partial charge in [0.2, 0.25) is 5.95 Å². The van der Waals surface area contributed by atoms with Gasteiger partial charge in [0.25, 0.3) is 0 Å². The van der Waals surface area contributed by atoms with E-state index >= 15 is 0 Å². The largest absolute Gasteiger partial charge is 0.491 e. The van der Waals surface area contributed by atoms with Crippen LogP contribution in [-0.2, 0) is 11.3 Å². The van der Waals surface area contributed by atoms with Crippen molar-refractivity contribution >= 4 is 41.6 Å². The van der Waals surface area contributed by atoms with Crippen LogP contribution in [0, 0.1) is 17.2 Å². The third-order valence-corrected chi connectivity index (χ3v) is 5.34. The summed E-state index contributed by atoms with van der Waals surface area (Å²) in [6, 6.07) is 7.99. The Morgan fingerprint density at radius 3 is 3.04 bits per heavy atom. The van der Waals surface area contributed by atoms with Gasteiger partial charge in [-0.25, -0.2) is 4.98 Å². The molecule has 0 amide bonds. The Labute approximate surface area is 162 Å². The first-order chi connectivity index (χ1) is 13.1. The van der Waals surface area contributed by atoms with Crippen LogP contribution in [-0.4, -0.2) is 28.2 Å². The Bertz CT molecular complexity index is 891. The summed E-state index contributed by atoms with van der Waals surface area (Å²) >= 11 is 6.26. The third kappa shape index (κ3) is 3.86. The molecule has 1 aromatic heterocycles.